The highest BCUT2D eigenvalue weighted by molar-refractivity contribution is 4.97. The largest absolute Gasteiger partial charge is 0.296 e. The predicted octanol–water partition coefficient (Wildman–Crippen LogP) is 1.35. The second-order valence-electron chi connectivity index (χ2n) is 2.43. The van der Waals surface area contributed by atoms with E-state index in [1.807, 2.05) is 14.1 Å². The van der Waals surface area contributed by atoms with Gasteiger partial charge in [-0.1, -0.05) is 19.3 Å². The van der Waals surface area contributed by atoms with Crippen LogP contribution < -0.4 is 0 Å². The Morgan fingerprint density at radius 3 is 2.22 bits per heavy atom. The topological polar surface area (TPSA) is 3.24 Å². The molecule has 0 unspecified atom stereocenters. The number of hydrogen-bond acceptors (Lipinski definition) is 1. The summed E-state index contributed by atoms with van der Waals surface area (Å²) in [5, 5.41) is 0. The third-order valence-corrected chi connectivity index (χ3v) is 1.38. The zero-order valence-corrected chi connectivity index (χ0v) is 6.52. The smallest absolute Gasteiger partial charge is 0.0706 e. The summed E-state index contributed by atoms with van der Waals surface area (Å²) in [5.41, 5.74) is 0. The third kappa shape index (κ3) is 3.16. The average Bonchev–Trinajstić information content (AvgIpc) is 1.82. The van der Waals surface area contributed by atoms with Crippen LogP contribution in [0.5, 0.6) is 0 Å². The molecule has 0 rings (SSSR count). The van der Waals surface area contributed by atoms with E-state index in [-0.39, 0.29) is 0 Å². The Hall–Kier alpha value is -0.480. The van der Waals surface area contributed by atoms with Crippen molar-refractivity contribution in [1.29, 1.82) is 0 Å². The second-order valence-corrected chi connectivity index (χ2v) is 2.43. The van der Waals surface area contributed by atoms with E-state index in [2.05, 4.69) is 17.7 Å². The number of hydrogen-bond donors (Lipinski definition) is 0. The molecule has 0 aromatic carbocycles. The lowest BCUT2D eigenvalue weighted by Gasteiger charge is -2.17. The van der Waals surface area contributed by atoms with E-state index in [0.717, 1.165) is 12.8 Å². The summed E-state index contributed by atoms with van der Waals surface area (Å²) in [6.07, 6.45) is 7.53. The van der Waals surface area contributed by atoms with Gasteiger partial charge in [-0.25, -0.2) is 0 Å². The fourth-order valence-electron chi connectivity index (χ4n) is 0.764. The minimum atomic E-state index is 0.329. The maximum Gasteiger partial charge on any atom is 0.0706 e. The fraction of sp³-hybridized carbons (Fsp3) is 0.750. The maximum atomic E-state index is 5.27. The Morgan fingerprint density at radius 1 is 1.56 bits per heavy atom. The van der Waals surface area contributed by atoms with Crippen LogP contribution in [0, 0.1) is 12.3 Å². The summed E-state index contributed by atoms with van der Waals surface area (Å²) < 4.78 is 0. The van der Waals surface area contributed by atoms with E-state index in [4.69, 9.17) is 6.42 Å². The third-order valence-electron chi connectivity index (χ3n) is 1.38. The summed E-state index contributed by atoms with van der Waals surface area (Å²) in [6, 6.07) is 0.329. The molecule has 0 aromatic rings. The average molecular weight is 125 g/mol. The highest BCUT2D eigenvalue weighted by atomic mass is 15.1. The van der Waals surface area contributed by atoms with Crippen molar-refractivity contribution in [2.45, 2.75) is 25.8 Å². The van der Waals surface area contributed by atoms with Gasteiger partial charge in [-0.15, -0.1) is 6.42 Å². The number of terminal acetylenes is 1. The first-order valence-electron chi connectivity index (χ1n) is 3.35. The van der Waals surface area contributed by atoms with E-state index in [9.17, 15) is 0 Å². The van der Waals surface area contributed by atoms with Crippen LogP contribution in [0.1, 0.15) is 19.8 Å². The van der Waals surface area contributed by atoms with Gasteiger partial charge in [0.1, 0.15) is 0 Å². The Bertz CT molecular complexity index is 99.6. The highest BCUT2D eigenvalue weighted by Gasteiger charge is 2.03. The molecule has 0 spiro atoms. The van der Waals surface area contributed by atoms with Crippen LogP contribution >= 0.6 is 0 Å². The van der Waals surface area contributed by atoms with Crippen LogP contribution in [0.4, 0.5) is 0 Å². The molecule has 0 N–H and O–H groups in total. The van der Waals surface area contributed by atoms with E-state index < -0.39 is 0 Å². The Balaban J connectivity index is 3.58. The molecule has 0 aliphatic rings. The standard InChI is InChI=1S/C8H15N/c1-5-7-8(6-2)9(3)4/h2,8H,5,7H2,1,3-4H3/t8-/m0/s1. The lowest BCUT2D eigenvalue weighted by atomic mass is 10.2. The maximum absolute atomic E-state index is 5.27. The van der Waals surface area contributed by atoms with Crippen molar-refractivity contribution in [2.75, 3.05) is 14.1 Å². The van der Waals surface area contributed by atoms with Crippen molar-refractivity contribution < 1.29 is 0 Å². The van der Waals surface area contributed by atoms with Gasteiger partial charge in [0.2, 0.25) is 0 Å². The molecule has 1 heteroatoms. The molecular weight excluding hydrogens is 110 g/mol. The molecule has 0 saturated carbocycles. The SMILES string of the molecule is C#C[C@@H](CCC)N(C)C. The molecule has 0 fully saturated rings. The van der Waals surface area contributed by atoms with Crippen molar-refractivity contribution in [2.24, 2.45) is 0 Å². The van der Waals surface area contributed by atoms with Gasteiger partial charge in [0.05, 0.1) is 6.04 Å². The zero-order chi connectivity index (χ0) is 7.28. The van der Waals surface area contributed by atoms with Gasteiger partial charge < -0.3 is 0 Å². The van der Waals surface area contributed by atoms with Crippen LogP contribution in [-0.4, -0.2) is 25.0 Å². The van der Waals surface area contributed by atoms with Crippen LogP contribution in [0.15, 0.2) is 0 Å². The van der Waals surface area contributed by atoms with Crippen LogP contribution in [0.2, 0.25) is 0 Å². The van der Waals surface area contributed by atoms with Gasteiger partial charge in [0.15, 0.2) is 0 Å². The monoisotopic (exact) mass is 125 g/mol. The molecular formula is C8H15N. The molecule has 0 aliphatic carbocycles. The number of rotatable bonds is 3. The Morgan fingerprint density at radius 2 is 2.11 bits per heavy atom. The minimum absolute atomic E-state index is 0.329. The normalized spacial score (nSPS) is 13.2. The highest BCUT2D eigenvalue weighted by Crippen LogP contribution is 1.99. The first kappa shape index (κ1) is 8.52. The summed E-state index contributed by atoms with van der Waals surface area (Å²) in [6.45, 7) is 2.15. The molecule has 0 saturated heterocycles. The molecule has 9 heavy (non-hydrogen) atoms. The molecule has 1 atom stereocenters. The first-order valence-corrected chi connectivity index (χ1v) is 3.35. The van der Waals surface area contributed by atoms with Crippen molar-refractivity contribution in [3.8, 4) is 12.3 Å². The molecule has 0 aliphatic heterocycles. The summed E-state index contributed by atoms with van der Waals surface area (Å²) in [7, 11) is 4.03. The van der Waals surface area contributed by atoms with Crippen LogP contribution in [0.3, 0.4) is 0 Å². The van der Waals surface area contributed by atoms with Crippen molar-refractivity contribution in [3.63, 3.8) is 0 Å². The van der Waals surface area contributed by atoms with Crippen LogP contribution in [0.25, 0.3) is 0 Å². The van der Waals surface area contributed by atoms with Gasteiger partial charge in [0.25, 0.3) is 0 Å². The zero-order valence-electron chi connectivity index (χ0n) is 6.52. The quantitative estimate of drug-likeness (QED) is 0.515. The Labute approximate surface area is 58.1 Å². The number of nitrogens with zero attached hydrogens (tertiary/aromatic N) is 1. The molecule has 0 heterocycles. The molecule has 0 radical (unpaired) electrons. The van der Waals surface area contributed by atoms with Gasteiger partial charge in [-0.3, -0.25) is 4.90 Å². The lowest BCUT2D eigenvalue weighted by molar-refractivity contribution is 0.335. The predicted molar refractivity (Wildman–Crippen MR) is 41.2 cm³/mol. The molecule has 0 aromatic heterocycles. The van der Waals surface area contributed by atoms with Gasteiger partial charge in [-0.05, 0) is 20.5 Å². The molecule has 1 nitrogen and oxygen atoms in total. The summed E-state index contributed by atoms with van der Waals surface area (Å²) >= 11 is 0. The van der Waals surface area contributed by atoms with E-state index in [0.29, 0.717) is 6.04 Å². The van der Waals surface area contributed by atoms with Crippen molar-refractivity contribution in [3.05, 3.63) is 0 Å². The van der Waals surface area contributed by atoms with Crippen molar-refractivity contribution in [1.82, 2.24) is 4.90 Å². The summed E-state index contributed by atoms with van der Waals surface area (Å²) in [5.74, 6) is 2.73. The molecule has 52 valence electrons. The molecule has 0 amide bonds. The fourth-order valence-corrected chi connectivity index (χ4v) is 0.764. The van der Waals surface area contributed by atoms with E-state index in [1.54, 1.807) is 0 Å². The second kappa shape index (κ2) is 4.40. The summed E-state index contributed by atoms with van der Waals surface area (Å²) in [4.78, 5) is 2.07. The minimum Gasteiger partial charge on any atom is -0.296 e. The lowest BCUT2D eigenvalue weighted by Crippen LogP contribution is -2.25. The molecule has 0 bridgehead atoms. The Kier molecular flexibility index (Phi) is 4.17. The van der Waals surface area contributed by atoms with E-state index >= 15 is 0 Å². The van der Waals surface area contributed by atoms with E-state index in [1.165, 1.54) is 0 Å². The van der Waals surface area contributed by atoms with Crippen LogP contribution in [-0.2, 0) is 0 Å². The van der Waals surface area contributed by atoms with Crippen molar-refractivity contribution >= 4 is 0 Å². The van der Waals surface area contributed by atoms with Gasteiger partial charge in [0, 0.05) is 0 Å². The first-order chi connectivity index (χ1) is 4.22. The van der Waals surface area contributed by atoms with Gasteiger partial charge in [-0.2, -0.15) is 0 Å². The van der Waals surface area contributed by atoms with Gasteiger partial charge >= 0.3 is 0 Å².